The average Bonchev–Trinajstić information content (AvgIpc) is 2.28. The number of anilines is 1. The molecule has 0 spiro atoms. The highest BCUT2D eigenvalue weighted by atomic mass is 79.9. The minimum atomic E-state index is -0.149. The minimum absolute atomic E-state index is 0.132. The van der Waals surface area contributed by atoms with Crippen molar-refractivity contribution >= 4 is 27.5 Å². The molecule has 1 heterocycles. The van der Waals surface area contributed by atoms with Gasteiger partial charge in [0.25, 0.3) is 5.91 Å². The van der Waals surface area contributed by atoms with Crippen LogP contribution in [0.4, 0.5) is 5.69 Å². The molecule has 0 saturated heterocycles. The number of rotatable bonds is 3. The van der Waals surface area contributed by atoms with E-state index in [1.54, 1.807) is 22.9 Å². The second kappa shape index (κ2) is 5.64. The lowest BCUT2D eigenvalue weighted by atomic mass is 10.3. The van der Waals surface area contributed by atoms with Gasteiger partial charge in [0, 0.05) is 16.2 Å². The molecule has 0 aliphatic heterocycles. The lowest BCUT2D eigenvalue weighted by Gasteiger charge is -2.03. The number of aromatic hydroxyl groups is 1. The molecule has 0 fully saturated rings. The molecule has 0 bridgehead atoms. The van der Waals surface area contributed by atoms with Crippen molar-refractivity contribution in [3.8, 4) is 5.75 Å². The average molecular weight is 308 g/mol. The molecule has 2 aromatic rings. The zero-order chi connectivity index (χ0) is 13.0. The third-order valence-corrected chi connectivity index (χ3v) is 2.77. The van der Waals surface area contributed by atoms with E-state index in [1.807, 2.05) is 24.3 Å². The maximum Gasteiger partial charge on any atom is 0.290 e. The molecule has 2 rings (SSSR count). The summed E-state index contributed by atoms with van der Waals surface area (Å²) in [5.74, 6) is -0.0172. The maximum absolute atomic E-state index is 11.8. The summed E-state index contributed by atoms with van der Waals surface area (Å²) in [6, 6.07) is 10.6. The first kappa shape index (κ1) is 12.6. The van der Waals surface area contributed by atoms with Crippen LogP contribution in [0.1, 0.15) is 0 Å². The van der Waals surface area contributed by atoms with Crippen molar-refractivity contribution in [1.82, 2.24) is 0 Å². The van der Waals surface area contributed by atoms with Crippen LogP contribution in [0.15, 0.2) is 53.3 Å². The number of pyridine rings is 1. The van der Waals surface area contributed by atoms with E-state index in [0.29, 0.717) is 0 Å². The summed E-state index contributed by atoms with van der Waals surface area (Å²) >= 11 is 3.34. The summed E-state index contributed by atoms with van der Waals surface area (Å²) in [5.41, 5.74) is 0.732. The van der Waals surface area contributed by atoms with E-state index < -0.39 is 0 Å². The van der Waals surface area contributed by atoms with Gasteiger partial charge in [-0.2, -0.15) is 4.57 Å². The SMILES string of the molecule is O=C(C[n+]1cccc(O)c1)Nc1cccc(Br)c1. The first-order valence-corrected chi connectivity index (χ1v) is 6.16. The summed E-state index contributed by atoms with van der Waals surface area (Å²) in [6.45, 7) is 0.154. The van der Waals surface area contributed by atoms with Crippen molar-refractivity contribution in [1.29, 1.82) is 0 Å². The standard InChI is InChI=1S/C13H11BrN2O2/c14-10-3-1-4-11(7-10)15-13(18)9-16-6-2-5-12(17)8-16/h1-8H,9H2,(H-,15,17,18)/p+1. The number of aromatic nitrogens is 1. The van der Waals surface area contributed by atoms with Crippen LogP contribution in [0.3, 0.4) is 0 Å². The van der Waals surface area contributed by atoms with E-state index in [9.17, 15) is 9.90 Å². The van der Waals surface area contributed by atoms with E-state index in [0.717, 1.165) is 10.2 Å². The van der Waals surface area contributed by atoms with Crippen molar-refractivity contribution in [3.05, 3.63) is 53.3 Å². The van der Waals surface area contributed by atoms with E-state index in [2.05, 4.69) is 21.2 Å². The summed E-state index contributed by atoms with van der Waals surface area (Å²) < 4.78 is 2.52. The highest BCUT2D eigenvalue weighted by Crippen LogP contribution is 2.15. The number of carbonyl (C=O) groups excluding carboxylic acids is 1. The lowest BCUT2D eigenvalue weighted by Crippen LogP contribution is -2.39. The van der Waals surface area contributed by atoms with Gasteiger partial charge < -0.3 is 10.4 Å². The van der Waals surface area contributed by atoms with Crippen LogP contribution in [0.2, 0.25) is 0 Å². The molecule has 4 nitrogen and oxygen atoms in total. The van der Waals surface area contributed by atoms with Crippen molar-refractivity contribution in [2.75, 3.05) is 5.32 Å². The van der Waals surface area contributed by atoms with Crippen molar-refractivity contribution in [2.24, 2.45) is 0 Å². The Kier molecular flexibility index (Phi) is 3.94. The molecule has 0 aliphatic carbocycles. The third kappa shape index (κ3) is 3.56. The Hall–Kier alpha value is -1.88. The Labute approximate surface area is 113 Å². The number of nitrogens with zero attached hydrogens (tertiary/aromatic N) is 1. The lowest BCUT2D eigenvalue weighted by molar-refractivity contribution is -0.684. The predicted molar refractivity (Wildman–Crippen MR) is 71.1 cm³/mol. The first-order valence-electron chi connectivity index (χ1n) is 5.37. The maximum atomic E-state index is 11.8. The summed E-state index contributed by atoms with van der Waals surface area (Å²) in [7, 11) is 0. The third-order valence-electron chi connectivity index (χ3n) is 2.28. The zero-order valence-corrected chi connectivity index (χ0v) is 11.1. The molecule has 5 heteroatoms. The Bertz CT molecular complexity index is 523. The van der Waals surface area contributed by atoms with Gasteiger partial charge in [-0.3, -0.25) is 4.79 Å². The highest BCUT2D eigenvalue weighted by Gasteiger charge is 2.10. The number of hydrogen-bond donors (Lipinski definition) is 2. The van der Waals surface area contributed by atoms with Gasteiger partial charge in [-0.1, -0.05) is 22.0 Å². The van der Waals surface area contributed by atoms with Gasteiger partial charge >= 0.3 is 0 Å². The van der Waals surface area contributed by atoms with E-state index in [1.165, 1.54) is 6.20 Å². The largest absolute Gasteiger partial charge is 0.503 e. The molecule has 0 unspecified atom stereocenters. The molecule has 1 aromatic heterocycles. The molecule has 0 radical (unpaired) electrons. The fourth-order valence-corrected chi connectivity index (χ4v) is 1.94. The van der Waals surface area contributed by atoms with Crippen LogP contribution in [-0.4, -0.2) is 11.0 Å². The van der Waals surface area contributed by atoms with Gasteiger partial charge in [-0.05, 0) is 24.3 Å². The van der Waals surface area contributed by atoms with Crippen LogP contribution in [0, 0.1) is 0 Å². The first-order chi connectivity index (χ1) is 8.63. The molecule has 0 saturated carbocycles. The van der Waals surface area contributed by atoms with Gasteiger partial charge in [0.2, 0.25) is 12.7 Å². The molecule has 1 amide bonds. The fraction of sp³-hybridized carbons (Fsp3) is 0.0769. The molecule has 18 heavy (non-hydrogen) atoms. The van der Waals surface area contributed by atoms with Gasteiger partial charge in [0.05, 0.1) is 0 Å². The molecular weight excluding hydrogens is 296 g/mol. The molecular formula is C13H12BrN2O2+. The Morgan fingerprint density at radius 2 is 2.17 bits per heavy atom. The number of benzene rings is 1. The number of nitrogens with one attached hydrogen (secondary N) is 1. The Morgan fingerprint density at radius 3 is 2.89 bits per heavy atom. The van der Waals surface area contributed by atoms with Crippen molar-refractivity contribution in [3.63, 3.8) is 0 Å². The smallest absolute Gasteiger partial charge is 0.290 e. The summed E-state index contributed by atoms with van der Waals surface area (Å²) in [6.07, 6.45) is 3.22. The van der Waals surface area contributed by atoms with Gasteiger partial charge in [-0.25, -0.2) is 0 Å². The van der Waals surface area contributed by atoms with Crippen LogP contribution in [0.5, 0.6) is 5.75 Å². The van der Waals surface area contributed by atoms with Crippen LogP contribution in [0.25, 0.3) is 0 Å². The van der Waals surface area contributed by atoms with Crippen molar-refractivity contribution < 1.29 is 14.5 Å². The minimum Gasteiger partial charge on any atom is -0.503 e. The quantitative estimate of drug-likeness (QED) is 0.853. The molecule has 92 valence electrons. The topological polar surface area (TPSA) is 53.2 Å². The van der Waals surface area contributed by atoms with Gasteiger partial charge in [-0.15, -0.1) is 0 Å². The molecule has 2 N–H and O–H groups in total. The fourth-order valence-electron chi connectivity index (χ4n) is 1.54. The normalized spacial score (nSPS) is 10.1. The molecule has 0 atom stereocenters. The number of carbonyl (C=O) groups is 1. The molecule has 1 aromatic carbocycles. The van der Waals surface area contributed by atoms with Crippen molar-refractivity contribution in [2.45, 2.75) is 6.54 Å². The van der Waals surface area contributed by atoms with E-state index >= 15 is 0 Å². The second-order valence-corrected chi connectivity index (χ2v) is 4.71. The Morgan fingerprint density at radius 1 is 1.33 bits per heavy atom. The highest BCUT2D eigenvalue weighted by molar-refractivity contribution is 9.10. The van der Waals surface area contributed by atoms with E-state index in [4.69, 9.17) is 0 Å². The summed E-state index contributed by atoms with van der Waals surface area (Å²) in [5, 5.41) is 12.1. The van der Waals surface area contributed by atoms with Gasteiger partial charge in [0.1, 0.15) is 0 Å². The number of halogens is 1. The zero-order valence-electron chi connectivity index (χ0n) is 9.51. The monoisotopic (exact) mass is 307 g/mol. The van der Waals surface area contributed by atoms with Gasteiger partial charge in [0.15, 0.2) is 11.9 Å². The second-order valence-electron chi connectivity index (χ2n) is 3.79. The van der Waals surface area contributed by atoms with E-state index in [-0.39, 0.29) is 18.2 Å². The Balaban J connectivity index is 2.01. The molecule has 0 aliphatic rings. The summed E-state index contributed by atoms with van der Waals surface area (Å²) in [4.78, 5) is 11.8. The number of hydrogen-bond acceptors (Lipinski definition) is 2. The van der Waals surface area contributed by atoms with Crippen LogP contribution in [-0.2, 0) is 11.3 Å². The van der Waals surface area contributed by atoms with Crippen LogP contribution < -0.4 is 9.88 Å². The number of amides is 1. The van der Waals surface area contributed by atoms with Crippen LogP contribution >= 0.6 is 15.9 Å². The predicted octanol–water partition coefficient (Wildman–Crippen LogP) is 2.08.